The minimum Gasteiger partial charge on any atom is -0.341 e. The van der Waals surface area contributed by atoms with Crippen molar-refractivity contribution in [3.8, 4) is 11.3 Å². The lowest BCUT2D eigenvalue weighted by atomic mass is 10.1. The lowest BCUT2D eigenvalue weighted by Crippen LogP contribution is -2.11. The molecule has 0 spiro atoms. The number of benzene rings is 1. The smallest absolute Gasteiger partial charge is 0.123 e. The van der Waals surface area contributed by atoms with Crippen LogP contribution in [0.2, 0.25) is 0 Å². The summed E-state index contributed by atoms with van der Waals surface area (Å²) in [7, 11) is 0. The van der Waals surface area contributed by atoms with Crippen LogP contribution in [0.15, 0.2) is 30.5 Å². The number of halogens is 1. The number of aromatic amines is 1. The zero-order chi connectivity index (χ0) is 13.0. The van der Waals surface area contributed by atoms with Crippen molar-refractivity contribution in [3.05, 3.63) is 42.1 Å². The molecular formula is C14H18FN3. The lowest BCUT2D eigenvalue weighted by molar-refractivity contribution is 0.580. The van der Waals surface area contributed by atoms with E-state index in [0.29, 0.717) is 0 Å². The summed E-state index contributed by atoms with van der Waals surface area (Å²) in [6.07, 6.45) is 4.81. The SMILES string of the molecule is CCCCC(N)c1ncc(-c2cccc(F)c2)[nH]1. The number of nitrogens with two attached hydrogens (primary N) is 1. The maximum Gasteiger partial charge on any atom is 0.123 e. The molecule has 0 bridgehead atoms. The van der Waals surface area contributed by atoms with Crippen LogP contribution < -0.4 is 5.73 Å². The highest BCUT2D eigenvalue weighted by molar-refractivity contribution is 5.58. The molecule has 2 rings (SSSR count). The van der Waals surface area contributed by atoms with Crippen LogP contribution in [-0.4, -0.2) is 9.97 Å². The van der Waals surface area contributed by atoms with E-state index in [1.54, 1.807) is 12.3 Å². The number of imidazole rings is 1. The summed E-state index contributed by atoms with van der Waals surface area (Å²) in [6.45, 7) is 2.13. The highest BCUT2D eigenvalue weighted by Gasteiger charge is 2.10. The van der Waals surface area contributed by atoms with Crippen LogP contribution in [0.25, 0.3) is 11.3 Å². The maximum atomic E-state index is 13.1. The van der Waals surface area contributed by atoms with E-state index >= 15 is 0 Å². The Morgan fingerprint density at radius 2 is 2.28 bits per heavy atom. The van der Waals surface area contributed by atoms with E-state index in [-0.39, 0.29) is 11.9 Å². The third-order valence-corrected chi connectivity index (χ3v) is 2.95. The molecule has 0 aliphatic heterocycles. The fraction of sp³-hybridized carbons (Fsp3) is 0.357. The summed E-state index contributed by atoms with van der Waals surface area (Å²) in [5.74, 6) is 0.515. The van der Waals surface area contributed by atoms with Crippen LogP contribution >= 0.6 is 0 Å². The number of aromatic nitrogens is 2. The molecule has 3 nitrogen and oxygen atoms in total. The van der Waals surface area contributed by atoms with E-state index in [1.807, 2.05) is 6.07 Å². The van der Waals surface area contributed by atoms with E-state index in [1.165, 1.54) is 12.1 Å². The Morgan fingerprint density at radius 1 is 1.44 bits per heavy atom. The van der Waals surface area contributed by atoms with Gasteiger partial charge in [0.15, 0.2) is 0 Å². The normalized spacial score (nSPS) is 12.6. The topological polar surface area (TPSA) is 54.7 Å². The second-order valence-corrected chi connectivity index (χ2v) is 4.44. The molecule has 3 N–H and O–H groups in total. The first-order valence-electron chi connectivity index (χ1n) is 6.27. The van der Waals surface area contributed by atoms with Gasteiger partial charge in [-0.05, 0) is 18.6 Å². The van der Waals surface area contributed by atoms with Crippen molar-refractivity contribution in [1.29, 1.82) is 0 Å². The van der Waals surface area contributed by atoms with Crippen molar-refractivity contribution < 1.29 is 4.39 Å². The Morgan fingerprint density at radius 3 is 3.00 bits per heavy atom. The van der Waals surface area contributed by atoms with Gasteiger partial charge in [0.1, 0.15) is 11.6 Å². The molecule has 1 atom stereocenters. The fourth-order valence-corrected chi connectivity index (χ4v) is 1.89. The van der Waals surface area contributed by atoms with Gasteiger partial charge < -0.3 is 10.7 Å². The fourth-order valence-electron chi connectivity index (χ4n) is 1.89. The number of unbranched alkanes of at least 4 members (excludes halogenated alkanes) is 1. The van der Waals surface area contributed by atoms with Gasteiger partial charge in [-0.15, -0.1) is 0 Å². The molecule has 1 unspecified atom stereocenters. The van der Waals surface area contributed by atoms with Crippen LogP contribution in [0.4, 0.5) is 4.39 Å². The average Bonchev–Trinajstić information content (AvgIpc) is 2.85. The first kappa shape index (κ1) is 12.8. The predicted molar refractivity (Wildman–Crippen MR) is 70.4 cm³/mol. The molecule has 0 amide bonds. The summed E-state index contributed by atoms with van der Waals surface area (Å²) in [6, 6.07) is 6.36. The number of hydrogen-bond donors (Lipinski definition) is 2. The van der Waals surface area contributed by atoms with Gasteiger partial charge in [0.05, 0.1) is 17.9 Å². The van der Waals surface area contributed by atoms with Crippen LogP contribution in [0.5, 0.6) is 0 Å². The molecule has 0 radical (unpaired) electrons. The van der Waals surface area contributed by atoms with E-state index in [0.717, 1.165) is 36.3 Å². The summed E-state index contributed by atoms with van der Waals surface area (Å²) < 4.78 is 13.1. The van der Waals surface area contributed by atoms with Gasteiger partial charge in [-0.3, -0.25) is 0 Å². The molecule has 1 heterocycles. The Kier molecular flexibility index (Phi) is 4.10. The largest absolute Gasteiger partial charge is 0.341 e. The summed E-state index contributed by atoms with van der Waals surface area (Å²) in [5.41, 5.74) is 7.63. The number of nitrogens with one attached hydrogen (secondary N) is 1. The van der Waals surface area contributed by atoms with Crippen molar-refractivity contribution in [2.75, 3.05) is 0 Å². The standard InChI is InChI=1S/C14H18FN3/c1-2-3-7-12(16)14-17-9-13(18-14)10-5-4-6-11(15)8-10/h4-6,8-9,12H,2-3,7,16H2,1H3,(H,17,18). The van der Waals surface area contributed by atoms with Crippen molar-refractivity contribution in [2.45, 2.75) is 32.2 Å². The third kappa shape index (κ3) is 2.96. The zero-order valence-electron chi connectivity index (χ0n) is 10.5. The molecule has 18 heavy (non-hydrogen) atoms. The van der Waals surface area contributed by atoms with Crippen molar-refractivity contribution in [3.63, 3.8) is 0 Å². The Labute approximate surface area is 106 Å². The predicted octanol–water partition coefficient (Wildman–Crippen LogP) is 3.41. The van der Waals surface area contributed by atoms with Gasteiger partial charge in [0.25, 0.3) is 0 Å². The van der Waals surface area contributed by atoms with Gasteiger partial charge in [0, 0.05) is 5.56 Å². The van der Waals surface area contributed by atoms with Crippen LogP contribution in [0.1, 0.15) is 38.1 Å². The highest BCUT2D eigenvalue weighted by atomic mass is 19.1. The van der Waals surface area contributed by atoms with Crippen molar-refractivity contribution in [2.24, 2.45) is 5.73 Å². The molecule has 0 fully saturated rings. The van der Waals surface area contributed by atoms with Crippen molar-refractivity contribution >= 4 is 0 Å². The van der Waals surface area contributed by atoms with Crippen LogP contribution in [0.3, 0.4) is 0 Å². The number of H-pyrrole nitrogens is 1. The zero-order valence-corrected chi connectivity index (χ0v) is 10.5. The van der Waals surface area contributed by atoms with E-state index in [9.17, 15) is 4.39 Å². The van der Waals surface area contributed by atoms with Gasteiger partial charge in [-0.25, -0.2) is 9.37 Å². The number of hydrogen-bond acceptors (Lipinski definition) is 2. The van der Waals surface area contributed by atoms with Gasteiger partial charge in [-0.2, -0.15) is 0 Å². The monoisotopic (exact) mass is 247 g/mol. The van der Waals surface area contributed by atoms with Crippen LogP contribution in [-0.2, 0) is 0 Å². The first-order valence-corrected chi connectivity index (χ1v) is 6.27. The molecule has 2 aromatic rings. The minimum atomic E-state index is -0.251. The molecule has 0 aliphatic rings. The summed E-state index contributed by atoms with van der Waals surface area (Å²) in [4.78, 5) is 7.43. The van der Waals surface area contributed by atoms with E-state index in [4.69, 9.17) is 5.73 Å². The number of rotatable bonds is 5. The molecule has 1 aromatic carbocycles. The minimum absolute atomic E-state index is 0.0766. The molecule has 4 heteroatoms. The molecular weight excluding hydrogens is 229 g/mol. The Hall–Kier alpha value is -1.68. The Balaban J connectivity index is 2.15. The summed E-state index contributed by atoms with van der Waals surface area (Å²) >= 11 is 0. The maximum absolute atomic E-state index is 13.1. The van der Waals surface area contributed by atoms with Gasteiger partial charge >= 0.3 is 0 Å². The second kappa shape index (κ2) is 5.78. The lowest BCUT2D eigenvalue weighted by Gasteiger charge is -2.07. The third-order valence-electron chi connectivity index (χ3n) is 2.95. The van der Waals surface area contributed by atoms with Gasteiger partial charge in [-0.1, -0.05) is 31.9 Å². The Bertz CT molecular complexity index is 507. The molecule has 1 aromatic heterocycles. The first-order chi connectivity index (χ1) is 8.70. The summed E-state index contributed by atoms with van der Waals surface area (Å²) in [5, 5.41) is 0. The van der Waals surface area contributed by atoms with E-state index < -0.39 is 0 Å². The van der Waals surface area contributed by atoms with Crippen molar-refractivity contribution in [1.82, 2.24) is 9.97 Å². The second-order valence-electron chi connectivity index (χ2n) is 4.44. The number of nitrogens with zero attached hydrogens (tertiary/aromatic N) is 1. The average molecular weight is 247 g/mol. The van der Waals surface area contributed by atoms with E-state index in [2.05, 4.69) is 16.9 Å². The molecule has 0 aliphatic carbocycles. The molecule has 0 saturated heterocycles. The molecule has 0 saturated carbocycles. The van der Waals surface area contributed by atoms with Gasteiger partial charge in [0.2, 0.25) is 0 Å². The highest BCUT2D eigenvalue weighted by Crippen LogP contribution is 2.21. The van der Waals surface area contributed by atoms with Crippen LogP contribution in [0, 0.1) is 5.82 Å². The molecule has 96 valence electrons. The quantitative estimate of drug-likeness (QED) is 0.850.